The van der Waals surface area contributed by atoms with Crippen LogP contribution < -0.4 is 14.8 Å². The fraction of sp³-hybridized carbons (Fsp3) is 0.312. The molecule has 0 aliphatic carbocycles. The molecule has 0 fully saturated rings. The summed E-state index contributed by atoms with van der Waals surface area (Å²) < 4.78 is 23.8. The van der Waals surface area contributed by atoms with E-state index in [1.54, 1.807) is 6.07 Å². The molecule has 1 N–H and O–H groups in total. The standard InChI is InChI=1S/C16H17FN2O2/c1-2-13(14-7-6-12(17)9-19-14)18-8-11-4-3-5-15-16(11)21-10-20-15/h3-7,9,13,18H,2,8,10H2,1H3. The summed E-state index contributed by atoms with van der Waals surface area (Å²) in [6, 6.07) is 9.07. The van der Waals surface area contributed by atoms with Crippen molar-refractivity contribution >= 4 is 0 Å². The molecule has 0 saturated heterocycles. The van der Waals surface area contributed by atoms with Gasteiger partial charge in [0.1, 0.15) is 5.82 Å². The number of aromatic nitrogens is 1. The van der Waals surface area contributed by atoms with Gasteiger partial charge in [-0.05, 0) is 24.6 Å². The van der Waals surface area contributed by atoms with Crippen LogP contribution in [0.15, 0.2) is 36.5 Å². The Hall–Kier alpha value is -2.14. The first-order valence-corrected chi connectivity index (χ1v) is 7.00. The second-order valence-electron chi connectivity index (χ2n) is 4.89. The summed E-state index contributed by atoms with van der Waals surface area (Å²) in [4.78, 5) is 4.14. The van der Waals surface area contributed by atoms with Crippen LogP contribution in [0.2, 0.25) is 0 Å². The van der Waals surface area contributed by atoms with Crippen molar-refractivity contribution in [1.82, 2.24) is 10.3 Å². The van der Waals surface area contributed by atoms with Gasteiger partial charge < -0.3 is 14.8 Å². The van der Waals surface area contributed by atoms with E-state index < -0.39 is 0 Å². The number of para-hydroxylation sites is 1. The zero-order chi connectivity index (χ0) is 14.7. The molecule has 1 atom stereocenters. The van der Waals surface area contributed by atoms with Gasteiger partial charge in [0.15, 0.2) is 11.5 Å². The molecule has 3 rings (SSSR count). The highest BCUT2D eigenvalue weighted by atomic mass is 19.1. The largest absolute Gasteiger partial charge is 0.454 e. The van der Waals surface area contributed by atoms with Crippen molar-refractivity contribution < 1.29 is 13.9 Å². The number of nitrogens with zero attached hydrogens (tertiary/aromatic N) is 1. The van der Waals surface area contributed by atoms with Crippen LogP contribution in [0.3, 0.4) is 0 Å². The summed E-state index contributed by atoms with van der Waals surface area (Å²) in [5.74, 6) is 1.26. The van der Waals surface area contributed by atoms with Crippen molar-refractivity contribution in [3.63, 3.8) is 0 Å². The molecule has 4 nitrogen and oxygen atoms in total. The van der Waals surface area contributed by atoms with Gasteiger partial charge in [-0.25, -0.2) is 4.39 Å². The maximum absolute atomic E-state index is 12.9. The molecule has 2 heterocycles. The average Bonchev–Trinajstić information content (AvgIpc) is 2.99. The molecule has 1 aromatic heterocycles. The SMILES string of the molecule is CCC(NCc1cccc2c1OCO2)c1ccc(F)cn1. The third-order valence-electron chi connectivity index (χ3n) is 3.53. The number of pyridine rings is 1. The van der Waals surface area contributed by atoms with Crippen LogP contribution in [0.1, 0.15) is 30.6 Å². The van der Waals surface area contributed by atoms with E-state index in [4.69, 9.17) is 9.47 Å². The summed E-state index contributed by atoms with van der Waals surface area (Å²) in [5, 5.41) is 3.43. The number of halogens is 1. The molecule has 110 valence electrons. The third-order valence-corrected chi connectivity index (χ3v) is 3.53. The number of ether oxygens (including phenoxy) is 2. The average molecular weight is 288 g/mol. The normalized spacial score (nSPS) is 14.2. The van der Waals surface area contributed by atoms with Crippen LogP contribution in [0, 0.1) is 5.82 Å². The van der Waals surface area contributed by atoms with Gasteiger partial charge in [0.2, 0.25) is 6.79 Å². The minimum Gasteiger partial charge on any atom is -0.454 e. The summed E-state index contributed by atoms with van der Waals surface area (Å²) in [6.07, 6.45) is 2.11. The first kappa shape index (κ1) is 13.8. The summed E-state index contributed by atoms with van der Waals surface area (Å²) in [5.41, 5.74) is 1.88. The van der Waals surface area contributed by atoms with Crippen molar-refractivity contribution in [2.45, 2.75) is 25.9 Å². The van der Waals surface area contributed by atoms with Crippen molar-refractivity contribution in [1.29, 1.82) is 0 Å². The van der Waals surface area contributed by atoms with E-state index >= 15 is 0 Å². The van der Waals surface area contributed by atoms with Crippen LogP contribution in [0.25, 0.3) is 0 Å². The highest BCUT2D eigenvalue weighted by molar-refractivity contribution is 5.48. The lowest BCUT2D eigenvalue weighted by Crippen LogP contribution is -2.21. The molecule has 0 spiro atoms. The van der Waals surface area contributed by atoms with Gasteiger partial charge in [-0.15, -0.1) is 0 Å². The van der Waals surface area contributed by atoms with Crippen molar-refractivity contribution in [3.05, 3.63) is 53.6 Å². The van der Waals surface area contributed by atoms with E-state index in [0.29, 0.717) is 6.54 Å². The van der Waals surface area contributed by atoms with Gasteiger partial charge in [-0.3, -0.25) is 4.98 Å². The monoisotopic (exact) mass is 288 g/mol. The topological polar surface area (TPSA) is 43.4 Å². The first-order valence-electron chi connectivity index (χ1n) is 7.00. The molecule has 1 aromatic carbocycles. The van der Waals surface area contributed by atoms with Gasteiger partial charge in [-0.2, -0.15) is 0 Å². The predicted molar refractivity (Wildman–Crippen MR) is 76.6 cm³/mol. The number of hydrogen-bond acceptors (Lipinski definition) is 4. The molecule has 0 radical (unpaired) electrons. The molecule has 1 aliphatic rings. The Morgan fingerprint density at radius 3 is 2.95 bits per heavy atom. The van der Waals surface area contributed by atoms with Crippen LogP contribution >= 0.6 is 0 Å². The predicted octanol–water partition coefficient (Wildman–Crippen LogP) is 3.19. The Balaban J connectivity index is 1.71. The van der Waals surface area contributed by atoms with Crippen LogP contribution in [-0.4, -0.2) is 11.8 Å². The number of benzene rings is 1. The first-order chi connectivity index (χ1) is 10.3. The molecule has 0 bridgehead atoms. The molecule has 5 heteroatoms. The fourth-order valence-electron chi connectivity index (χ4n) is 2.41. The second kappa shape index (κ2) is 6.10. The smallest absolute Gasteiger partial charge is 0.231 e. The van der Waals surface area contributed by atoms with E-state index in [1.807, 2.05) is 18.2 Å². The van der Waals surface area contributed by atoms with Crippen LogP contribution in [0.5, 0.6) is 11.5 Å². The van der Waals surface area contributed by atoms with Crippen molar-refractivity contribution in [2.24, 2.45) is 0 Å². The van der Waals surface area contributed by atoms with E-state index in [2.05, 4.69) is 17.2 Å². The summed E-state index contributed by atoms with van der Waals surface area (Å²) >= 11 is 0. The Labute approximate surface area is 122 Å². The van der Waals surface area contributed by atoms with Crippen LogP contribution in [0.4, 0.5) is 4.39 Å². The molecular weight excluding hydrogens is 271 g/mol. The van der Waals surface area contributed by atoms with Gasteiger partial charge in [0.25, 0.3) is 0 Å². The minimum absolute atomic E-state index is 0.0729. The zero-order valence-electron chi connectivity index (χ0n) is 11.8. The second-order valence-corrected chi connectivity index (χ2v) is 4.89. The molecule has 0 amide bonds. The highest BCUT2D eigenvalue weighted by Crippen LogP contribution is 2.35. The Morgan fingerprint density at radius 2 is 2.19 bits per heavy atom. The van der Waals surface area contributed by atoms with Crippen molar-refractivity contribution in [2.75, 3.05) is 6.79 Å². The van der Waals surface area contributed by atoms with Gasteiger partial charge >= 0.3 is 0 Å². The van der Waals surface area contributed by atoms with Crippen molar-refractivity contribution in [3.8, 4) is 11.5 Å². The summed E-state index contributed by atoms with van der Waals surface area (Å²) in [7, 11) is 0. The quantitative estimate of drug-likeness (QED) is 0.917. The number of hydrogen-bond donors (Lipinski definition) is 1. The lowest BCUT2D eigenvalue weighted by molar-refractivity contribution is 0.173. The molecular formula is C16H17FN2O2. The third kappa shape index (κ3) is 2.97. The van der Waals surface area contributed by atoms with Gasteiger partial charge in [-0.1, -0.05) is 19.1 Å². The number of nitrogens with one attached hydrogen (secondary N) is 1. The maximum Gasteiger partial charge on any atom is 0.231 e. The Bertz CT molecular complexity index is 616. The highest BCUT2D eigenvalue weighted by Gasteiger charge is 2.18. The van der Waals surface area contributed by atoms with E-state index in [-0.39, 0.29) is 18.7 Å². The van der Waals surface area contributed by atoms with E-state index in [9.17, 15) is 4.39 Å². The Morgan fingerprint density at radius 1 is 1.29 bits per heavy atom. The molecule has 21 heavy (non-hydrogen) atoms. The Kier molecular flexibility index (Phi) is 4.01. The van der Waals surface area contributed by atoms with Crippen LogP contribution in [-0.2, 0) is 6.54 Å². The van der Waals surface area contributed by atoms with Gasteiger partial charge in [0, 0.05) is 18.2 Å². The zero-order valence-corrected chi connectivity index (χ0v) is 11.8. The van der Waals surface area contributed by atoms with Gasteiger partial charge in [0.05, 0.1) is 11.9 Å². The lowest BCUT2D eigenvalue weighted by atomic mass is 10.1. The summed E-state index contributed by atoms with van der Waals surface area (Å²) in [6.45, 7) is 2.98. The van der Waals surface area contributed by atoms with E-state index in [0.717, 1.165) is 29.2 Å². The fourth-order valence-corrected chi connectivity index (χ4v) is 2.41. The molecule has 2 aromatic rings. The molecule has 1 unspecified atom stereocenters. The maximum atomic E-state index is 12.9. The minimum atomic E-state index is -0.319. The molecule has 0 saturated carbocycles. The molecule has 1 aliphatic heterocycles. The lowest BCUT2D eigenvalue weighted by Gasteiger charge is -2.17. The van der Waals surface area contributed by atoms with E-state index in [1.165, 1.54) is 12.3 Å². The number of rotatable bonds is 5. The number of fused-ring (bicyclic) bond motifs is 1.